The molecule has 1 aliphatic heterocycles. The van der Waals surface area contributed by atoms with Crippen LogP contribution in [0.2, 0.25) is 0 Å². The lowest BCUT2D eigenvalue weighted by Gasteiger charge is -2.20. The van der Waals surface area contributed by atoms with Gasteiger partial charge in [0.1, 0.15) is 0 Å². The Kier molecular flexibility index (Phi) is 4.52. The summed E-state index contributed by atoms with van der Waals surface area (Å²) in [6.07, 6.45) is 6.29. The second-order valence-corrected chi connectivity index (χ2v) is 7.47. The number of Topliss-reactive ketones (excluding diaryl/α,β-unsaturated/α-hetero) is 1. The predicted molar refractivity (Wildman–Crippen MR) is 108 cm³/mol. The van der Waals surface area contributed by atoms with Crippen LogP contribution in [0.1, 0.15) is 40.9 Å². The van der Waals surface area contributed by atoms with Gasteiger partial charge in [-0.2, -0.15) is 0 Å². The van der Waals surface area contributed by atoms with Crippen LogP contribution in [0.4, 0.5) is 11.4 Å². The summed E-state index contributed by atoms with van der Waals surface area (Å²) in [6, 6.07) is 7.77. The molecule has 0 unspecified atom stereocenters. The Labute approximate surface area is 167 Å². The fourth-order valence-electron chi connectivity index (χ4n) is 4.19. The number of aromatic nitrogens is 1. The molecular weight excluding hydrogens is 370 g/mol. The van der Waals surface area contributed by atoms with Gasteiger partial charge in [-0.05, 0) is 49.4 Å². The fourth-order valence-corrected chi connectivity index (χ4v) is 4.19. The molecule has 3 aromatic rings. The molecule has 0 spiro atoms. The first-order valence-corrected chi connectivity index (χ1v) is 9.84. The van der Waals surface area contributed by atoms with E-state index in [1.54, 1.807) is 12.4 Å². The third-order valence-corrected chi connectivity index (χ3v) is 5.75. The SMILES string of the molecule is O=C(c1oc2cnccc2c1Nc1ccc2c(c1)CCC2=NO)C1CCOCC1. The van der Waals surface area contributed by atoms with Crippen LogP contribution < -0.4 is 5.32 Å². The van der Waals surface area contributed by atoms with Gasteiger partial charge in [-0.1, -0.05) is 11.2 Å². The van der Waals surface area contributed by atoms with Gasteiger partial charge in [0.2, 0.25) is 5.78 Å². The minimum absolute atomic E-state index is 0.00265. The molecule has 0 radical (unpaired) electrons. The van der Waals surface area contributed by atoms with Crippen LogP contribution in [0, 0.1) is 5.92 Å². The largest absolute Gasteiger partial charge is 0.449 e. The molecule has 2 aromatic heterocycles. The molecule has 7 nitrogen and oxygen atoms in total. The van der Waals surface area contributed by atoms with Crippen molar-refractivity contribution in [3.63, 3.8) is 0 Å². The monoisotopic (exact) mass is 391 g/mol. The number of ether oxygens (including phenoxy) is 1. The van der Waals surface area contributed by atoms with E-state index in [2.05, 4.69) is 15.5 Å². The van der Waals surface area contributed by atoms with Crippen molar-refractivity contribution in [3.8, 4) is 0 Å². The van der Waals surface area contributed by atoms with Crippen molar-refractivity contribution >= 4 is 33.8 Å². The molecule has 29 heavy (non-hydrogen) atoms. The van der Waals surface area contributed by atoms with E-state index in [4.69, 9.17) is 14.4 Å². The standard InChI is InChI=1S/C22H21N3O4/c26-21(13-6-9-28-10-7-13)22-20(17-5-8-23-12-19(17)29-22)24-15-2-3-16-14(11-15)1-4-18(16)25-27/h2-3,5,8,11-13,24,27H,1,4,6-7,9-10H2. The van der Waals surface area contributed by atoms with Crippen molar-refractivity contribution in [2.45, 2.75) is 25.7 Å². The minimum Gasteiger partial charge on any atom is -0.449 e. The molecule has 0 bridgehead atoms. The van der Waals surface area contributed by atoms with Crippen LogP contribution in [-0.4, -0.2) is 34.9 Å². The number of ketones is 1. The number of hydrogen-bond acceptors (Lipinski definition) is 7. The molecular formula is C22H21N3O4. The zero-order chi connectivity index (χ0) is 19.8. The molecule has 1 fully saturated rings. The zero-order valence-corrected chi connectivity index (χ0v) is 15.9. The molecule has 1 saturated heterocycles. The zero-order valence-electron chi connectivity index (χ0n) is 15.9. The highest BCUT2D eigenvalue weighted by molar-refractivity contribution is 6.09. The predicted octanol–water partition coefficient (Wildman–Crippen LogP) is 4.31. The molecule has 148 valence electrons. The number of nitrogens with one attached hydrogen (secondary N) is 1. The highest BCUT2D eigenvalue weighted by Gasteiger charge is 2.29. The molecule has 3 heterocycles. The molecule has 1 aliphatic carbocycles. The Morgan fingerprint density at radius 2 is 2.07 bits per heavy atom. The second-order valence-electron chi connectivity index (χ2n) is 7.47. The topological polar surface area (TPSA) is 97.0 Å². The summed E-state index contributed by atoms with van der Waals surface area (Å²) in [5.41, 5.74) is 4.92. The van der Waals surface area contributed by atoms with Crippen molar-refractivity contribution in [3.05, 3.63) is 53.5 Å². The first-order valence-electron chi connectivity index (χ1n) is 9.84. The normalized spacial score (nSPS) is 18.3. The summed E-state index contributed by atoms with van der Waals surface area (Å²) in [5, 5.41) is 16.7. The number of rotatable bonds is 4. The molecule has 0 atom stereocenters. The average Bonchev–Trinajstić information content (AvgIpc) is 3.35. The fraction of sp³-hybridized carbons (Fsp3) is 0.318. The van der Waals surface area contributed by atoms with Crippen LogP contribution >= 0.6 is 0 Å². The van der Waals surface area contributed by atoms with Gasteiger partial charge in [0.15, 0.2) is 11.3 Å². The number of nitrogens with zero attached hydrogens (tertiary/aromatic N) is 2. The van der Waals surface area contributed by atoms with E-state index in [0.29, 0.717) is 48.8 Å². The Morgan fingerprint density at radius 1 is 1.21 bits per heavy atom. The molecule has 5 rings (SSSR count). The van der Waals surface area contributed by atoms with Gasteiger partial charge < -0.3 is 19.7 Å². The van der Waals surface area contributed by atoms with Crippen molar-refractivity contribution in [2.75, 3.05) is 18.5 Å². The van der Waals surface area contributed by atoms with Gasteiger partial charge in [0.05, 0.1) is 17.6 Å². The number of pyridine rings is 1. The number of fused-ring (bicyclic) bond motifs is 2. The van der Waals surface area contributed by atoms with E-state index in [9.17, 15) is 4.79 Å². The smallest absolute Gasteiger partial charge is 0.203 e. The number of anilines is 2. The van der Waals surface area contributed by atoms with E-state index in [1.807, 2.05) is 24.3 Å². The molecule has 0 amide bonds. The minimum atomic E-state index is -0.0961. The Morgan fingerprint density at radius 3 is 2.90 bits per heavy atom. The van der Waals surface area contributed by atoms with Crippen molar-refractivity contribution in [1.82, 2.24) is 4.98 Å². The highest BCUT2D eigenvalue weighted by Crippen LogP contribution is 2.36. The molecule has 2 N–H and O–H groups in total. The number of benzene rings is 1. The van der Waals surface area contributed by atoms with E-state index in [-0.39, 0.29) is 11.7 Å². The Hall–Kier alpha value is -3.19. The lowest BCUT2D eigenvalue weighted by Crippen LogP contribution is -2.23. The van der Waals surface area contributed by atoms with E-state index in [1.165, 1.54) is 0 Å². The van der Waals surface area contributed by atoms with E-state index < -0.39 is 0 Å². The Balaban J connectivity index is 1.53. The van der Waals surface area contributed by atoms with Crippen molar-refractivity contribution < 1.29 is 19.2 Å². The third kappa shape index (κ3) is 3.17. The lowest BCUT2D eigenvalue weighted by molar-refractivity contribution is 0.0529. The first kappa shape index (κ1) is 17.9. The maximum Gasteiger partial charge on any atom is 0.203 e. The van der Waals surface area contributed by atoms with Crippen molar-refractivity contribution in [2.24, 2.45) is 11.1 Å². The summed E-state index contributed by atoms with van der Waals surface area (Å²) in [6.45, 7) is 1.20. The quantitative estimate of drug-likeness (QED) is 0.391. The number of oxime groups is 1. The average molecular weight is 391 g/mol. The van der Waals surface area contributed by atoms with Gasteiger partial charge in [-0.15, -0.1) is 0 Å². The van der Waals surface area contributed by atoms with Crippen LogP contribution in [-0.2, 0) is 11.2 Å². The third-order valence-electron chi connectivity index (χ3n) is 5.75. The summed E-state index contributed by atoms with van der Waals surface area (Å²) in [7, 11) is 0. The molecule has 7 heteroatoms. The van der Waals surface area contributed by atoms with Crippen LogP contribution in [0.5, 0.6) is 0 Å². The van der Waals surface area contributed by atoms with Gasteiger partial charge >= 0.3 is 0 Å². The summed E-state index contributed by atoms with van der Waals surface area (Å²) >= 11 is 0. The summed E-state index contributed by atoms with van der Waals surface area (Å²) in [4.78, 5) is 17.3. The number of hydrogen-bond donors (Lipinski definition) is 2. The van der Waals surface area contributed by atoms with Crippen LogP contribution in [0.15, 0.2) is 46.2 Å². The number of carbonyl (C=O) groups is 1. The maximum atomic E-state index is 13.2. The number of carbonyl (C=O) groups excluding carboxylic acids is 1. The van der Waals surface area contributed by atoms with Gasteiger partial charge in [-0.25, -0.2) is 0 Å². The maximum absolute atomic E-state index is 13.2. The summed E-state index contributed by atoms with van der Waals surface area (Å²) in [5.74, 6) is 0.252. The number of furan rings is 1. The van der Waals surface area contributed by atoms with Gasteiger partial charge in [0.25, 0.3) is 0 Å². The second kappa shape index (κ2) is 7.33. The lowest BCUT2D eigenvalue weighted by atomic mass is 9.93. The van der Waals surface area contributed by atoms with E-state index >= 15 is 0 Å². The van der Waals surface area contributed by atoms with Crippen molar-refractivity contribution in [1.29, 1.82) is 0 Å². The first-order chi connectivity index (χ1) is 14.2. The molecule has 2 aliphatic rings. The van der Waals surface area contributed by atoms with Crippen LogP contribution in [0.25, 0.3) is 11.0 Å². The van der Waals surface area contributed by atoms with Gasteiger partial charge in [0, 0.05) is 42.0 Å². The number of aryl methyl sites for hydroxylation is 1. The Bertz CT molecular complexity index is 1110. The molecule has 1 aromatic carbocycles. The molecule has 0 saturated carbocycles. The summed E-state index contributed by atoms with van der Waals surface area (Å²) < 4.78 is 11.3. The van der Waals surface area contributed by atoms with Crippen LogP contribution in [0.3, 0.4) is 0 Å². The van der Waals surface area contributed by atoms with E-state index in [0.717, 1.165) is 35.0 Å². The highest BCUT2D eigenvalue weighted by atomic mass is 16.5. The van der Waals surface area contributed by atoms with Gasteiger partial charge in [-0.3, -0.25) is 9.78 Å².